The average molecular weight is 294 g/mol. The fraction of sp³-hybridized carbons (Fsp3) is 0.333. The summed E-state index contributed by atoms with van der Waals surface area (Å²) in [5.74, 6) is 0. The molecule has 0 amide bonds. The first-order chi connectivity index (χ1) is 9.65. The van der Waals surface area contributed by atoms with Crippen molar-refractivity contribution in [2.45, 2.75) is 31.9 Å². The maximum Gasteiger partial charge on any atom is 0.265 e. The van der Waals surface area contributed by atoms with Gasteiger partial charge >= 0.3 is 0 Å². The van der Waals surface area contributed by atoms with E-state index >= 15 is 0 Å². The number of rotatable bonds is 5. The second kappa shape index (κ2) is 5.40. The molecule has 2 nitrogen and oxygen atoms in total. The maximum absolute atomic E-state index is 13.3. The van der Waals surface area contributed by atoms with Crippen molar-refractivity contribution >= 4 is 22.7 Å². The Hall–Kier alpha value is -1.62. The quantitative estimate of drug-likeness (QED) is 0.826. The number of nitrogens with zero attached hydrogens (tertiary/aromatic N) is 1. The largest absolute Gasteiger partial charge is 0.399 e. The van der Waals surface area contributed by atoms with E-state index < -0.39 is 6.43 Å². The Labute approximate surface area is 120 Å². The van der Waals surface area contributed by atoms with Gasteiger partial charge in [0.15, 0.2) is 0 Å². The fourth-order valence-electron chi connectivity index (χ4n) is 2.38. The number of hydrogen-bond acceptors (Lipinski definition) is 3. The molecule has 0 spiro atoms. The van der Waals surface area contributed by atoms with E-state index in [1.165, 1.54) is 10.9 Å². The number of anilines is 2. The SMILES string of the molecule is Nc1ccc(N(Cc2cccs2)C2CC2)c(C(F)F)c1. The van der Waals surface area contributed by atoms with E-state index in [9.17, 15) is 8.78 Å². The van der Waals surface area contributed by atoms with Gasteiger partial charge in [-0.3, -0.25) is 0 Å². The molecule has 20 heavy (non-hydrogen) atoms. The number of thiophene rings is 1. The number of benzene rings is 1. The minimum atomic E-state index is -2.50. The first-order valence-corrected chi connectivity index (χ1v) is 7.49. The molecule has 2 aromatic rings. The summed E-state index contributed by atoms with van der Waals surface area (Å²) >= 11 is 1.65. The molecule has 0 saturated heterocycles. The molecule has 1 saturated carbocycles. The summed E-state index contributed by atoms with van der Waals surface area (Å²) in [5, 5.41) is 2.01. The lowest BCUT2D eigenvalue weighted by molar-refractivity contribution is 0.152. The highest BCUT2D eigenvalue weighted by molar-refractivity contribution is 7.09. The summed E-state index contributed by atoms with van der Waals surface area (Å²) in [7, 11) is 0. The molecule has 1 fully saturated rings. The smallest absolute Gasteiger partial charge is 0.265 e. The molecule has 1 aliphatic carbocycles. The average Bonchev–Trinajstić information content (AvgIpc) is 3.13. The van der Waals surface area contributed by atoms with Crippen LogP contribution in [-0.4, -0.2) is 6.04 Å². The molecule has 2 N–H and O–H groups in total. The van der Waals surface area contributed by atoms with Gasteiger partial charge in [0.25, 0.3) is 6.43 Å². The number of nitrogen functional groups attached to an aromatic ring is 1. The third-order valence-electron chi connectivity index (χ3n) is 3.49. The van der Waals surface area contributed by atoms with Gasteiger partial charge < -0.3 is 10.6 Å². The lowest BCUT2D eigenvalue weighted by Gasteiger charge is -2.26. The van der Waals surface area contributed by atoms with Crippen LogP contribution in [0.15, 0.2) is 35.7 Å². The van der Waals surface area contributed by atoms with Gasteiger partial charge in [0.2, 0.25) is 0 Å². The molecule has 1 heterocycles. The van der Waals surface area contributed by atoms with E-state index in [-0.39, 0.29) is 5.56 Å². The van der Waals surface area contributed by atoms with Crippen molar-refractivity contribution in [2.75, 3.05) is 10.6 Å². The molecule has 1 aromatic carbocycles. The van der Waals surface area contributed by atoms with E-state index in [1.807, 2.05) is 17.5 Å². The number of hydrogen-bond donors (Lipinski definition) is 1. The highest BCUT2D eigenvalue weighted by atomic mass is 32.1. The summed E-state index contributed by atoms with van der Waals surface area (Å²) in [6.45, 7) is 0.686. The third kappa shape index (κ3) is 2.77. The van der Waals surface area contributed by atoms with Crippen molar-refractivity contribution in [1.29, 1.82) is 0 Å². The van der Waals surface area contributed by atoms with E-state index in [1.54, 1.807) is 23.5 Å². The summed E-state index contributed by atoms with van der Waals surface area (Å²) < 4.78 is 26.5. The van der Waals surface area contributed by atoms with Gasteiger partial charge in [-0.1, -0.05) is 6.07 Å². The van der Waals surface area contributed by atoms with E-state index in [2.05, 4.69) is 4.90 Å². The Morgan fingerprint density at radius 3 is 2.70 bits per heavy atom. The molecule has 0 radical (unpaired) electrons. The van der Waals surface area contributed by atoms with Crippen LogP contribution in [0, 0.1) is 0 Å². The minimum Gasteiger partial charge on any atom is -0.399 e. The number of halogens is 2. The maximum atomic E-state index is 13.3. The minimum absolute atomic E-state index is 0.0356. The summed E-state index contributed by atoms with van der Waals surface area (Å²) in [6, 6.07) is 9.22. The normalized spacial score (nSPS) is 14.8. The van der Waals surface area contributed by atoms with Crippen molar-refractivity contribution in [1.82, 2.24) is 0 Å². The lowest BCUT2D eigenvalue weighted by atomic mass is 10.1. The summed E-state index contributed by atoms with van der Waals surface area (Å²) in [5.41, 5.74) is 6.68. The van der Waals surface area contributed by atoms with Gasteiger partial charge in [0, 0.05) is 27.9 Å². The van der Waals surface area contributed by atoms with Gasteiger partial charge in [-0.15, -0.1) is 11.3 Å². The molecular weight excluding hydrogens is 278 g/mol. The third-order valence-corrected chi connectivity index (χ3v) is 4.35. The number of nitrogens with two attached hydrogens (primary N) is 1. The van der Waals surface area contributed by atoms with Gasteiger partial charge in [-0.05, 0) is 42.5 Å². The Balaban J connectivity index is 1.95. The molecule has 1 aromatic heterocycles. The monoisotopic (exact) mass is 294 g/mol. The van der Waals surface area contributed by atoms with Crippen LogP contribution in [0.25, 0.3) is 0 Å². The van der Waals surface area contributed by atoms with Crippen LogP contribution in [0.4, 0.5) is 20.2 Å². The van der Waals surface area contributed by atoms with Crippen LogP contribution in [0.5, 0.6) is 0 Å². The zero-order valence-electron chi connectivity index (χ0n) is 10.9. The Morgan fingerprint density at radius 2 is 2.10 bits per heavy atom. The molecule has 0 bridgehead atoms. The first kappa shape index (κ1) is 13.4. The Morgan fingerprint density at radius 1 is 1.30 bits per heavy atom. The standard InChI is InChI=1S/C15H16F2N2S/c16-15(17)13-8-10(18)3-6-14(13)19(11-4-5-11)9-12-2-1-7-20-12/h1-3,6-8,11,15H,4-5,9,18H2. The fourth-order valence-corrected chi connectivity index (χ4v) is 3.08. The van der Waals surface area contributed by atoms with Crippen molar-refractivity contribution in [3.05, 3.63) is 46.2 Å². The zero-order valence-corrected chi connectivity index (χ0v) is 11.7. The highest BCUT2D eigenvalue weighted by Crippen LogP contribution is 2.39. The van der Waals surface area contributed by atoms with Gasteiger partial charge in [0.1, 0.15) is 0 Å². The van der Waals surface area contributed by atoms with Crippen LogP contribution in [0.1, 0.15) is 29.7 Å². The Kier molecular flexibility index (Phi) is 3.61. The van der Waals surface area contributed by atoms with Crippen LogP contribution in [0.3, 0.4) is 0 Å². The lowest BCUT2D eigenvalue weighted by Crippen LogP contribution is -2.25. The van der Waals surface area contributed by atoms with E-state index in [0.29, 0.717) is 24.0 Å². The topological polar surface area (TPSA) is 29.3 Å². The summed E-state index contributed by atoms with van der Waals surface area (Å²) in [4.78, 5) is 3.28. The van der Waals surface area contributed by atoms with Gasteiger partial charge in [0.05, 0.1) is 6.54 Å². The van der Waals surface area contributed by atoms with Crippen LogP contribution < -0.4 is 10.6 Å². The van der Waals surface area contributed by atoms with Crippen molar-refractivity contribution in [3.8, 4) is 0 Å². The van der Waals surface area contributed by atoms with Crippen LogP contribution >= 0.6 is 11.3 Å². The first-order valence-electron chi connectivity index (χ1n) is 6.62. The summed E-state index contributed by atoms with van der Waals surface area (Å²) in [6.07, 6.45) is -0.366. The van der Waals surface area contributed by atoms with Gasteiger partial charge in [-0.25, -0.2) is 8.78 Å². The molecule has 0 atom stereocenters. The van der Waals surface area contributed by atoms with E-state index in [0.717, 1.165) is 12.8 Å². The predicted octanol–water partition coefficient (Wildman–Crippen LogP) is 4.44. The van der Waals surface area contributed by atoms with E-state index in [4.69, 9.17) is 5.73 Å². The highest BCUT2D eigenvalue weighted by Gasteiger charge is 2.32. The molecular formula is C15H16F2N2S. The van der Waals surface area contributed by atoms with Crippen molar-refractivity contribution < 1.29 is 8.78 Å². The number of alkyl halides is 2. The molecule has 0 aliphatic heterocycles. The second-order valence-corrected chi connectivity index (χ2v) is 6.09. The molecule has 5 heteroatoms. The molecule has 106 valence electrons. The van der Waals surface area contributed by atoms with Crippen molar-refractivity contribution in [2.24, 2.45) is 0 Å². The van der Waals surface area contributed by atoms with Crippen LogP contribution in [0.2, 0.25) is 0 Å². The molecule has 3 rings (SSSR count). The Bertz CT molecular complexity index is 580. The van der Waals surface area contributed by atoms with Crippen molar-refractivity contribution in [3.63, 3.8) is 0 Å². The molecule has 0 unspecified atom stereocenters. The zero-order chi connectivity index (χ0) is 14.1. The van der Waals surface area contributed by atoms with Crippen LogP contribution in [-0.2, 0) is 6.54 Å². The molecule has 1 aliphatic rings. The second-order valence-electron chi connectivity index (χ2n) is 5.06. The predicted molar refractivity (Wildman–Crippen MR) is 79.3 cm³/mol. The van der Waals surface area contributed by atoms with Gasteiger partial charge in [-0.2, -0.15) is 0 Å².